The number of hydrogen-bond donors (Lipinski definition) is 0. The van der Waals surface area contributed by atoms with E-state index in [9.17, 15) is 4.79 Å². The first kappa shape index (κ1) is 21.0. The Balaban J connectivity index is 2.56. The van der Waals surface area contributed by atoms with Crippen molar-refractivity contribution in [3.8, 4) is 34.5 Å². The SMILES string of the molecule is COc1ccc(OC)c(C=CC(=O)c2c(OC)c(OC)cc(OC)c2OC)c1. The van der Waals surface area contributed by atoms with Crippen molar-refractivity contribution in [1.82, 2.24) is 0 Å². The van der Waals surface area contributed by atoms with Crippen LogP contribution in [0.25, 0.3) is 6.08 Å². The zero-order chi connectivity index (χ0) is 20.7. The first-order valence-electron chi connectivity index (χ1n) is 8.35. The van der Waals surface area contributed by atoms with Crippen LogP contribution in [0.15, 0.2) is 30.3 Å². The fourth-order valence-electron chi connectivity index (χ4n) is 2.75. The van der Waals surface area contributed by atoms with Crippen LogP contribution in [0.5, 0.6) is 34.5 Å². The smallest absolute Gasteiger partial charge is 0.193 e. The lowest BCUT2D eigenvalue weighted by molar-refractivity contribution is 0.104. The average Bonchev–Trinajstić information content (AvgIpc) is 2.75. The van der Waals surface area contributed by atoms with E-state index in [1.807, 2.05) is 0 Å². The van der Waals surface area contributed by atoms with E-state index in [2.05, 4.69) is 0 Å². The van der Waals surface area contributed by atoms with Crippen LogP contribution in [0.3, 0.4) is 0 Å². The van der Waals surface area contributed by atoms with Crippen LogP contribution in [-0.4, -0.2) is 48.4 Å². The molecule has 0 spiro atoms. The van der Waals surface area contributed by atoms with Crippen LogP contribution >= 0.6 is 0 Å². The van der Waals surface area contributed by atoms with Crippen molar-refractivity contribution in [2.75, 3.05) is 42.7 Å². The number of ketones is 1. The fraction of sp³-hybridized carbons (Fsp3) is 0.286. The lowest BCUT2D eigenvalue weighted by Gasteiger charge is -2.17. The molecule has 0 aliphatic rings. The minimum absolute atomic E-state index is 0.194. The van der Waals surface area contributed by atoms with Crippen LogP contribution in [0, 0.1) is 0 Å². The summed E-state index contributed by atoms with van der Waals surface area (Å²) in [6.45, 7) is 0. The molecule has 0 unspecified atom stereocenters. The predicted molar refractivity (Wildman–Crippen MR) is 106 cm³/mol. The Morgan fingerprint density at radius 2 is 1.29 bits per heavy atom. The van der Waals surface area contributed by atoms with Crippen LogP contribution in [0.4, 0.5) is 0 Å². The van der Waals surface area contributed by atoms with Gasteiger partial charge in [0.1, 0.15) is 17.1 Å². The number of rotatable bonds is 9. The van der Waals surface area contributed by atoms with E-state index in [1.165, 1.54) is 34.5 Å². The first-order valence-corrected chi connectivity index (χ1v) is 8.35. The van der Waals surface area contributed by atoms with Crippen LogP contribution in [0.2, 0.25) is 0 Å². The Bertz CT molecular complexity index is 841. The average molecular weight is 388 g/mol. The van der Waals surface area contributed by atoms with Gasteiger partial charge in [-0.25, -0.2) is 0 Å². The Kier molecular flexibility index (Phi) is 7.14. The summed E-state index contributed by atoms with van der Waals surface area (Å²) >= 11 is 0. The van der Waals surface area contributed by atoms with E-state index >= 15 is 0 Å². The molecule has 2 aromatic rings. The van der Waals surface area contributed by atoms with Crippen molar-refractivity contribution in [2.24, 2.45) is 0 Å². The lowest BCUT2D eigenvalue weighted by atomic mass is 10.0. The van der Waals surface area contributed by atoms with Gasteiger partial charge >= 0.3 is 0 Å². The first-order chi connectivity index (χ1) is 13.5. The molecule has 28 heavy (non-hydrogen) atoms. The fourth-order valence-corrected chi connectivity index (χ4v) is 2.75. The number of benzene rings is 2. The van der Waals surface area contributed by atoms with Gasteiger partial charge in [-0.3, -0.25) is 4.79 Å². The number of carbonyl (C=O) groups is 1. The number of hydrogen-bond acceptors (Lipinski definition) is 7. The lowest BCUT2D eigenvalue weighted by Crippen LogP contribution is -2.06. The Morgan fingerprint density at radius 1 is 0.714 bits per heavy atom. The molecule has 7 nitrogen and oxygen atoms in total. The van der Waals surface area contributed by atoms with Crippen LogP contribution < -0.4 is 28.4 Å². The third-order valence-corrected chi connectivity index (χ3v) is 4.11. The molecule has 0 amide bonds. The number of methoxy groups -OCH3 is 6. The van der Waals surface area contributed by atoms with Crippen molar-refractivity contribution in [1.29, 1.82) is 0 Å². The number of ether oxygens (including phenoxy) is 6. The van der Waals surface area contributed by atoms with E-state index in [0.29, 0.717) is 28.6 Å². The molecule has 7 heteroatoms. The molecule has 0 atom stereocenters. The Hall–Kier alpha value is -3.35. The minimum Gasteiger partial charge on any atom is -0.497 e. The topological polar surface area (TPSA) is 72.5 Å². The summed E-state index contributed by atoms with van der Waals surface area (Å²) in [5.41, 5.74) is 0.877. The van der Waals surface area contributed by atoms with E-state index in [-0.39, 0.29) is 22.8 Å². The van der Waals surface area contributed by atoms with Gasteiger partial charge in [0.25, 0.3) is 0 Å². The Labute approximate surface area is 164 Å². The van der Waals surface area contributed by atoms with Gasteiger partial charge in [0.2, 0.25) is 0 Å². The highest BCUT2D eigenvalue weighted by molar-refractivity contribution is 6.11. The number of allylic oxidation sites excluding steroid dienone is 1. The van der Waals surface area contributed by atoms with Crippen molar-refractivity contribution in [3.63, 3.8) is 0 Å². The molecule has 150 valence electrons. The summed E-state index contributed by atoms with van der Waals surface area (Å²) in [4.78, 5) is 13.0. The third kappa shape index (κ3) is 4.14. The maximum absolute atomic E-state index is 13.0. The molecule has 0 fully saturated rings. The van der Waals surface area contributed by atoms with Gasteiger partial charge in [0, 0.05) is 11.6 Å². The molecule has 0 saturated heterocycles. The van der Waals surface area contributed by atoms with Gasteiger partial charge in [-0.15, -0.1) is 0 Å². The van der Waals surface area contributed by atoms with E-state index in [1.54, 1.807) is 44.6 Å². The minimum atomic E-state index is -0.351. The molecule has 0 saturated carbocycles. The molecule has 0 aliphatic carbocycles. The maximum atomic E-state index is 13.0. The summed E-state index contributed by atoms with van der Waals surface area (Å²) in [7, 11) is 8.99. The van der Waals surface area contributed by atoms with Gasteiger partial charge < -0.3 is 28.4 Å². The standard InChI is InChI=1S/C21H24O7/c1-23-14-8-10-16(24-2)13(11-14)7-9-15(22)19-20(27-5)17(25-3)12-18(26-4)21(19)28-6/h7-12H,1-6H3. The summed E-state index contributed by atoms with van der Waals surface area (Å²) < 4.78 is 32.0. The predicted octanol–water partition coefficient (Wildman–Crippen LogP) is 3.63. The van der Waals surface area contributed by atoms with E-state index < -0.39 is 0 Å². The molecule has 0 radical (unpaired) electrons. The van der Waals surface area contributed by atoms with Gasteiger partial charge in [-0.1, -0.05) is 0 Å². The highest BCUT2D eigenvalue weighted by Crippen LogP contribution is 2.44. The zero-order valence-corrected chi connectivity index (χ0v) is 16.8. The van der Waals surface area contributed by atoms with Crippen LogP contribution in [-0.2, 0) is 0 Å². The van der Waals surface area contributed by atoms with Crippen molar-refractivity contribution in [2.45, 2.75) is 0 Å². The molecular weight excluding hydrogens is 364 g/mol. The molecule has 2 aromatic carbocycles. The largest absolute Gasteiger partial charge is 0.497 e. The van der Waals surface area contributed by atoms with Crippen molar-refractivity contribution >= 4 is 11.9 Å². The molecule has 0 aliphatic heterocycles. The quantitative estimate of drug-likeness (QED) is 0.480. The summed E-state index contributed by atoms with van der Waals surface area (Å²) in [5, 5.41) is 0. The second kappa shape index (κ2) is 9.55. The van der Waals surface area contributed by atoms with Crippen molar-refractivity contribution < 1.29 is 33.2 Å². The monoisotopic (exact) mass is 388 g/mol. The van der Waals surface area contributed by atoms with E-state index in [0.717, 1.165) is 0 Å². The maximum Gasteiger partial charge on any atom is 0.193 e. The summed E-state index contributed by atoms with van der Waals surface area (Å²) in [6, 6.07) is 6.90. The van der Waals surface area contributed by atoms with Gasteiger partial charge in [-0.05, 0) is 30.4 Å². The molecule has 0 aromatic heterocycles. The highest BCUT2D eigenvalue weighted by Gasteiger charge is 2.25. The van der Waals surface area contributed by atoms with Crippen molar-refractivity contribution in [3.05, 3.63) is 41.5 Å². The molecule has 2 rings (SSSR count). The second-order valence-corrected chi connectivity index (χ2v) is 5.53. The zero-order valence-electron chi connectivity index (χ0n) is 16.8. The third-order valence-electron chi connectivity index (χ3n) is 4.11. The summed E-state index contributed by atoms with van der Waals surface area (Å²) in [5.74, 6) is 2.13. The van der Waals surface area contributed by atoms with Gasteiger partial charge in [0.15, 0.2) is 28.8 Å². The molecular formula is C21H24O7. The molecule has 0 bridgehead atoms. The summed E-state index contributed by atoms with van der Waals surface area (Å²) in [6.07, 6.45) is 3.03. The Morgan fingerprint density at radius 3 is 1.75 bits per heavy atom. The van der Waals surface area contributed by atoms with Gasteiger partial charge in [0.05, 0.1) is 42.7 Å². The van der Waals surface area contributed by atoms with Crippen LogP contribution in [0.1, 0.15) is 15.9 Å². The molecule has 0 heterocycles. The van der Waals surface area contributed by atoms with E-state index in [4.69, 9.17) is 28.4 Å². The highest BCUT2D eigenvalue weighted by atomic mass is 16.5. The second-order valence-electron chi connectivity index (χ2n) is 5.53. The molecule has 0 N–H and O–H groups in total. The number of carbonyl (C=O) groups excluding carboxylic acids is 1. The normalized spacial score (nSPS) is 10.5. The van der Waals surface area contributed by atoms with Gasteiger partial charge in [-0.2, -0.15) is 0 Å².